The zero-order valence-electron chi connectivity index (χ0n) is 17.2. The smallest absolute Gasteiger partial charge is 0.256 e. The molecule has 4 nitrogen and oxygen atoms in total. The van der Waals surface area contributed by atoms with Gasteiger partial charge in [0.1, 0.15) is 5.82 Å². The molecule has 2 aromatic carbocycles. The van der Waals surface area contributed by atoms with Crippen molar-refractivity contribution >= 4 is 16.7 Å². The maximum absolute atomic E-state index is 14.7. The molecule has 1 unspecified atom stereocenters. The van der Waals surface area contributed by atoms with Crippen LogP contribution in [0.3, 0.4) is 0 Å². The van der Waals surface area contributed by atoms with Crippen LogP contribution in [0, 0.1) is 12.7 Å². The molecule has 2 N–H and O–H groups in total. The van der Waals surface area contributed by atoms with Crippen molar-refractivity contribution in [2.45, 2.75) is 52.5 Å². The van der Waals surface area contributed by atoms with Gasteiger partial charge < -0.3 is 10.3 Å². The predicted molar refractivity (Wildman–Crippen MR) is 113 cm³/mol. The molecule has 4 rings (SSSR count). The first-order valence-electron chi connectivity index (χ1n) is 10.0. The Morgan fingerprint density at radius 2 is 1.83 bits per heavy atom. The second-order valence-electron chi connectivity index (χ2n) is 8.30. The highest BCUT2D eigenvalue weighted by atomic mass is 19.1. The van der Waals surface area contributed by atoms with Crippen molar-refractivity contribution in [3.63, 3.8) is 0 Å². The lowest BCUT2D eigenvalue weighted by Gasteiger charge is -2.19. The van der Waals surface area contributed by atoms with Crippen LogP contribution in [0.25, 0.3) is 10.8 Å². The van der Waals surface area contributed by atoms with Gasteiger partial charge in [-0.3, -0.25) is 9.59 Å². The number of halogens is 1. The van der Waals surface area contributed by atoms with Gasteiger partial charge in [-0.15, -0.1) is 0 Å². The van der Waals surface area contributed by atoms with E-state index in [0.717, 1.165) is 27.6 Å². The summed E-state index contributed by atoms with van der Waals surface area (Å²) in [6.07, 6.45) is 2.25. The summed E-state index contributed by atoms with van der Waals surface area (Å²) in [7, 11) is 0. The number of hydrogen-bond acceptors (Lipinski definition) is 2. The van der Waals surface area contributed by atoms with Crippen molar-refractivity contribution in [1.82, 2.24) is 10.3 Å². The van der Waals surface area contributed by atoms with Gasteiger partial charge in [-0.1, -0.05) is 39.0 Å². The van der Waals surface area contributed by atoms with Gasteiger partial charge in [0.15, 0.2) is 0 Å². The molecule has 1 amide bonds. The number of aromatic amines is 1. The van der Waals surface area contributed by atoms with E-state index in [1.54, 1.807) is 12.3 Å². The first-order valence-corrected chi connectivity index (χ1v) is 10.0. The number of aryl methyl sites for hydroxylation is 1. The summed E-state index contributed by atoms with van der Waals surface area (Å²) in [4.78, 5) is 27.8. The average molecular weight is 392 g/mol. The Balaban J connectivity index is 1.84. The highest BCUT2D eigenvalue weighted by molar-refractivity contribution is 6.00. The van der Waals surface area contributed by atoms with Crippen LogP contribution in [0.5, 0.6) is 0 Å². The van der Waals surface area contributed by atoms with E-state index in [-0.39, 0.29) is 29.1 Å². The molecule has 0 aliphatic carbocycles. The normalized spacial score (nSPS) is 14.3. The third-order valence-electron chi connectivity index (χ3n) is 5.96. The summed E-state index contributed by atoms with van der Waals surface area (Å²) < 4.78 is 14.7. The van der Waals surface area contributed by atoms with Crippen molar-refractivity contribution < 1.29 is 9.18 Å². The predicted octanol–water partition coefficient (Wildman–Crippen LogP) is 4.69. The number of carbonyl (C=O) groups excluding carboxylic acids is 1. The first kappa shape index (κ1) is 19.4. The molecular weight excluding hydrogens is 367 g/mol. The maximum atomic E-state index is 14.7. The molecule has 1 aromatic heterocycles. The Hall–Kier alpha value is -2.95. The van der Waals surface area contributed by atoms with Gasteiger partial charge in [0, 0.05) is 18.3 Å². The molecule has 2 heterocycles. The van der Waals surface area contributed by atoms with Crippen LogP contribution in [-0.4, -0.2) is 10.9 Å². The number of aromatic nitrogens is 1. The highest BCUT2D eigenvalue weighted by Crippen LogP contribution is 2.34. The Morgan fingerprint density at radius 1 is 1.07 bits per heavy atom. The Kier molecular flexibility index (Phi) is 4.77. The van der Waals surface area contributed by atoms with Gasteiger partial charge in [-0.2, -0.15) is 0 Å². The van der Waals surface area contributed by atoms with Crippen LogP contribution in [0.4, 0.5) is 4.39 Å². The number of benzene rings is 2. The topological polar surface area (TPSA) is 62.0 Å². The quantitative estimate of drug-likeness (QED) is 0.677. The molecular formula is C24H25FN2O2. The lowest BCUT2D eigenvalue weighted by atomic mass is 9.86. The number of pyridine rings is 1. The monoisotopic (exact) mass is 392 g/mol. The van der Waals surface area contributed by atoms with Gasteiger partial charge in [0.05, 0.1) is 10.9 Å². The summed E-state index contributed by atoms with van der Waals surface area (Å²) in [5.74, 6) is -0.580. The molecule has 0 spiro atoms. The van der Waals surface area contributed by atoms with Crippen molar-refractivity contribution in [2.24, 2.45) is 0 Å². The van der Waals surface area contributed by atoms with Crippen LogP contribution in [-0.2, 0) is 13.0 Å². The van der Waals surface area contributed by atoms with Gasteiger partial charge in [-0.05, 0) is 58.9 Å². The molecule has 150 valence electrons. The molecule has 3 aromatic rings. The fourth-order valence-corrected chi connectivity index (χ4v) is 4.68. The first-order chi connectivity index (χ1) is 13.8. The second kappa shape index (κ2) is 7.14. The van der Waals surface area contributed by atoms with Crippen LogP contribution >= 0.6 is 0 Å². The number of fused-ring (bicyclic) bond motifs is 2. The van der Waals surface area contributed by atoms with Crippen molar-refractivity contribution in [3.8, 4) is 0 Å². The number of carbonyl (C=O) groups is 1. The molecule has 0 fully saturated rings. The van der Waals surface area contributed by atoms with E-state index >= 15 is 0 Å². The van der Waals surface area contributed by atoms with Crippen LogP contribution in [0.15, 0.2) is 35.3 Å². The Labute approximate surface area is 169 Å². The number of H-pyrrole nitrogens is 1. The summed E-state index contributed by atoms with van der Waals surface area (Å²) in [6, 6.07) is 7.13. The highest BCUT2D eigenvalue weighted by Gasteiger charge is 2.28. The molecule has 0 saturated heterocycles. The lowest BCUT2D eigenvalue weighted by Crippen LogP contribution is -2.16. The van der Waals surface area contributed by atoms with E-state index in [0.29, 0.717) is 29.5 Å². The Bertz CT molecular complexity index is 1190. The number of rotatable bonds is 4. The SMILES string of the molecule is Cc1ccc2c(CC(C)c3c(F)ccc4c3C(=O)NC4)c[nH]c(=O)c2c1C(C)C. The fraction of sp³-hybridized carbons (Fsp3) is 0.333. The minimum absolute atomic E-state index is 0.102. The number of nitrogens with one attached hydrogen (secondary N) is 2. The molecule has 29 heavy (non-hydrogen) atoms. The molecule has 1 aliphatic heterocycles. The molecule has 1 aliphatic rings. The fourth-order valence-electron chi connectivity index (χ4n) is 4.68. The molecule has 1 atom stereocenters. The molecule has 0 radical (unpaired) electrons. The largest absolute Gasteiger partial charge is 0.348 e. The molecule has 0 saturated carbocycles. The van der Waals surface area contributed by atoms with Gasteiger partial charge in [-0.25, -0.2) is 4.39 Å². The molecule has 0 bridgehead atoms. The van der Waals surface area contributed by atoms with Crippen LogP contribution in [0.1, 0.15) is 70.8 Å². The average Bonchev–Trinajstić information content (AvgIpc) is 3.04. The van der Waals surface area contributed by atoms with Crippen molar-refractivity contribution in [3.05, 3.63) is 80.0 Å². The molecule has 5 heteroatoms. The van der Waals surface area contributed by atoms with Gasteiger partial charge in [0.25, 0.3) is 11.5 Å². The standard InChI is InChI=1S/C24H25FN2O2/c1-12(2)19-13(3)5-7-17-16(11-27-24(29)22(17)19)9-14(4)20-18(25)8-6-15-10-26-23(28)21(15)20/h5-8,11-12,14H,9-10H2,1-4H3,(H,26,28)(H,27,29). The third-order valence-corrected chi connectivity index (χ3v) is 5.96. The van der Waals surface area contributed by atoms with Gasteiger partial charge in [0.2, 0.25) is 0 Å². The lowest BCUT2D eigenvalue weighted by molar-refractivity contribution is 0.0964. The van der Waals surface area contributed by atoms with Crippen molar-refractivity contribution in [1.29, 1.82) is 0 Å². The van der Waals surface area contributed by atoms with E-state index < -0.39 is 0 Å². The zero-order chi connectivity index (χ0) is 20.9. The van der Waals surface area contributed by atoms with Crippen LogP contribution < -0.4 is 10.9 Å². The minimum atomic E-state index is -0.360. The van der Waals surface area contributed by atoms with Crippen molar-refractivity contribution in [2.75, 3.05) is 0 Å². The summed E-state index contributed by atoms with van der Waals surface area (Å²) >= 11 is 0. The van der Waals surface area contributed by atoms with E-state index in [1.165, 1.54) is 6.07 Å². The van der Waals surface area contributed by atoms with E-state index in [9.17, 15) is 14.0 Å². The maximum Gasteiger partial charge on any atom is 0.256 e. The summed E-state index contributed by atoms with van der Waals surface area (Å²) in [5, 5.41) is 4.39. The summed E-state index contributed by atoms with van der Waals surface area (Å²) in [6.45, 7) is 8.55. The van der Waals surface area contributed by atoms with E-state index in [4.69, 9.17) is 0 Å². The van der Waals surface area contributed by atoms with E-state index in [1.807, 2.05) is 26.0 Å². The number of hydrogen-bond donors (Lipinski definition) is 2. The summed E-state index contributed by atoms with van der Waals surface area (Å²) in [5.41, 5.74) is 4.73. The van der Waals surface area contributed by atoms with Crippen LogP contribution in [0.2, 0.25) is 0 Å². The minimum Gasteiger partial charge on any atom is -0.348 e. The second-order valence-corrected chi connectivity index (χ2v) is 8.30. The number of amides is 1. The third kappa shape index (κ3) is 3.15. The zero-order valence-corrected chi connectivity index (χ0v) is 17.2. The van der Waals surface area contributed by atoms with E-state index in [2.05, 4.69) is 24.1 Å². The van der Waals surface area contributed by atoms with Gasteiger partial charge >= 0.3 is 0 Å². The Morgan fingerprint density at radius 3 is 2.55 bits per heavy atom.